The molecule has 0 spiro atoms. The van der Waals surface area contributed by atoms with Gasteiger partial charge in [-0.05, 0) is 41.1 Å². The minimum absolute atomic E-state index is 0.650. The standard InChI is InChI=1S/C34H25N5/c1-2-31-35-29-15-9-10-16-30(29)39(31)28-20-19-23-17-18-26(21-27(23)22-28)34-37-32(24-11-5-3-6-12-24)36-33(38-34)25-13-7-4-8-14-25/h3-22H,2H2,1H3. The van der Waals surface area contributed by atoms with Gasteiger partial charge in [-0.2, -0.15) is 0 Å². The zero-order chi connectivity index (χ0) is 26.2. The number of rotatable bonds is 5. The maximum Gasteiger partial charge on any atom is 0.164 e. The molecule has 186 valence electrons. The van der Waals surface area contributed by atoms with E-state index >= 15 is 0 Å². The third-order valence-corrected chi connectivity index (χ3v) is 6.99. The number of hydrogen-bond donors (Lipinski definition) is 0. The van der Waals surface area contributed by atoms with E-state index in [9.17, 15) is 0 Å². The van der Waals surface area contributed by atoms with Crippen LogP contribution in [0.15, 0.2) is 121 Å². The fourth-order valence-corrected chi connectivity index (χ4v) is 5.05. The fraction of sp³-hybridized carbons (Fsp3) is 0.0588. The van der Waals surface area contributed by atoms with Gasteiger partial charge in [0, 0.05) is 28.8 Å². The minimum Gasteiger partial charge on any atom is -0.296 e. The summed E-state index contributed by atoms with van der Waals surface area (Å²) in [6.45, 7) is 2.15. The van der Waals surface area contributed by atoms with Crippen molar-refractivity contribution in [3.63, 3.8) is 0 Å². The average molecular weight is 504 g/mol. The molecule has 0 aliphatic rings. The van der Waals surface area contributed by atoms with E-state index in [1.165, 1.54) is 0 Å². The summed E-state index contributed by atoms with van der Waals surface area (Å²) in [4.78, 5) is 19.5. The molecular weight excluding hydrogens is 478 g/mol. The van der Waals surface area contributed by atoms with Gasteiger partial charge < -0.3 is 0 Å². The number of aromatic nitrogens is 5. The molecule has 0 atom stereocenters. The van der Waals surface area contributed by atoms with E-state index < -0.39 is 0 Å². The van der Waals surface area contributed by atoms with Crippen molar-refractivity contribution in [1.82, 2.24) is 24.5 Å². The Hall–Kier alpha value is -5.16. The molecule has 0 aliphatic carbocycles. The second kappa shape index (κ2) is 9.62. The lowest BCUT2D eigenvalue weighted by Gasteiger charge is -2.11. The van der Waals surface area contributed by atoms with Crippen LogP contribution in [0.25, 0.3) is 61.7 Å². The molecule has 5 nitrogen and oxygen atoms in total. The van der Waals surface area contributed by atoms with Crippen molar-refractivity contribution in [3.8, 4) is 39.9 Å². The zero-order valence-corrected chi connectivity index (χ0v) is 21.5. The molecule has 0 fully saturated rings. The normalized spacial score (nSPS) is 11.3. The van der Waals surface area contributed by atoms with Crippen LogP contribution in [0.2, 0.25) is 0 Å². The molecule has 0 bridgehead atoms. The summed E-state index contributed by atoms with van der Waals surface area (Å²) in [6.07, 6.45) is 0.849. The van der Waals surface area contributed by atoms with Crippen LogP contribution in [0.1, 0.15) is 12.7 Å². The first-order valence-electron chi connectivity index (χ1n) is 13.1. The molecule has 39 heavy (non-hydrogen) atoms. The van der Waals surface area contributed by atoms with Crippen molar-refractivity contribution in [2.45, 2.75) is 13.3 Å². The fourth-order valence-electron chi connectivity index (χ4n) is 5.05. The first kappa shape index (κ1) is 23.0. The van der Waals surface area contributed by atoms with Crippen molar-refractivity contribution in [2.75, 3.05) is 0 Å². The van der Waals surface area contributed by atoms with Crippen molar-refractivity contribution in [2.24, 2.45) is 0 Å². The number of hydrogen-bond acceptors (Lipinski definition) is 4. The number of fused-ring (bicyclic) bond motifs is 2. The molecule has 7 rings (SSSR count). The Balaban J connectivity index is 1.39. The first-order chi connectivity index (χ1) is 19.3. The van der Waals surface area contributed by atoms with Crippen LogP contribution in [0.4, 0.5) is 0 Å². The quantitative estimate of drug-likeness (QED) is 0.239. The second-order valence-electron chi connectivity index (χ2n) is 9.49. The lowest BCUT2D eigenvalue weighted by Crippen LogP contribution is -2.01. The minimum atomic E-state index is 0.650. The molecule has 7 aromatic rings. The van der Waals surface area contributed by atoms with Gasteiger partial charge in [0.2, 0.25) is 0 Å². The summed E-state index contributed by atoms with van der Waals surface area (Å²) in [5, 5.41) is 2.28. The molecule has 5 aromatic carbocycles. The van der Waals surface area contributed by atoms with Gasteiger partial charge in [0.1, 0.15) is 5.82 Å². The lowest BCUT2D eigenvalue weighted by molar-refractivity contribution is 0.909. The van der Waals surface area contributed by atoms with Crippen molar-refractivity contribution in [3.05, 3.63) is 127 Å². The highest BCUT2D eigenvalue weighted by Gasteiger charge is 2.14. The summed E-state index contributed by atoms with van der Waals surface area (Å²) in [6, 6.07) is 41.4. The number of para-hydroxylation sites is 2. The van der Waals surface area contributed by atoms with Crippen LogP contribution >= 0.6 is 0 Å². The predicted octanol–water partition coefficient (Wildman–Crippen LogP) is 7.93. The predicted molar refractivity (Wildman–Crippen MR) is 158 cm³/mol. The molecule has 2 aromatic heterocycles. The van der Waals surface area contributed by atoms with Crippen molar-refractivity contribution < 1.29 is 0 Å². The summed E-state index contributed by atoms with van der Waals surface area (Å²) in [5.74, 6) is 3.01. The van der Waals surface area contributed by atoms with E-state index in [0.29, 0.717) is 17.5 Å². The van der Waals surface area contributed by atoms with Gasteiger partial charge in [-0.25, -0.2) is 19.9 Å². The van der Waals surface area contributed by atoms with Gasteiger partial charge >= 0.3 is 0 Å². The lowest BCUT2D eigenvalue weighted by atomic mass is 10.1. The smallest absolute Gasteiger partial charge is 0.164 e. The Morgan fingerprint density at radius 1 is 0.513 bits per heavy atom. The molecule has 5 heteroatoms. The SMILES string of the molecule is CCc1nc2ccccc2n1-c1ccc2ccc(-c3nc(-c4ccccc4)nc(-c4ccccc4)n3)cc2c1. The first-order valence-corrected chi connectivity index (χ1v) is 13.1. The summed E-state index contributed by atoms with van der Waals surface area (Å²) < 4.78 is 2.26. The Bertz CT molecular complexity index is 1880. The number of imidazole rings is 1. The third kappa shape index (κ3) is 4.24. The molecule has 0 aliphatic heterocycles. The van der Waals surface area contributed by atoms with Crippen LogP contribution in [-0.2, 0) is 6.42 Å². The highest BCUT2D eigenvalue weighted by molar-refractivity contribution is 5.89. The van der Waals surface area contributed by atoms with E-state index in [0.717, 1.165) is 56.4 Å². The van der Waals surface area contributed by atoms with Crippen LogP contribution in [-0.4, -0.2) is 24.5 Å². The molecule has 2 heterocycles. The maximum absolute atomic E-state index is 4.91. The van der Waals surface area contributed by atoms with Crippen LogP contribution in [0.5, 0.6) is 0 Å². The Labute approximate surface area is 226 Å². The molecule has 0 saturated carbocycles. The molecule has 0 amide bonds. The Kier molecular flexibility index (Phi) is 5.67. The highest BCUT2D eigenvalue weighted by atomic mass is 15.1. The number of aryl methyl sites for hydroxylation is 1. The molecular formula is C34H25N5. The molecule has 0 saturated heterocycles. The summed E-state index contributed by atoms with van der Waals surface area (Å²) >= 11 is 0. The topological polar surface area (TPSA) is 56.5 Å². The van der Waals surface area contributed by atoms with Crippen LogP contribution in [0.3, 0.4) is 0 Å². The van der Waals surface area contributed by atoms with Gasteiger partial charge in [0.15, 0.2) is 17.5 Å². The van der Waals surface area contributed by atoms with Gasteiger partial charge in [-0.15, -0.1) is 0 Å². The average Bonchev–Trinajstić information content (AvgIpc) is 3.40. The van der Waals surface area contributed by atoms with Crippen LogP contribution < -0.4 is 0 Å². The highest BCUT2D eigenvalue weighted by Crippen LogP contribution is 2.29. The van der Waals surface area contributed by atoms with E-state index in [2.05, 4.69) is 66.1 Å². The van der Waals surface area contributed by atoms with E-state index in [-0.39, 0.29) is 0 Å². The van der Waals surface area contributed by atoms with Crippen molar-refractivity contribution in [1.29, 1.82) is 0 Å². The van der Waals surface area contributed by atoms with Gasteiger partial charge in [0.25, 0.3) is 0 Å². The van der Waals surface area contributed by atoms with Gasteiger partial charge in [-0.1, -0.05) is 97.9 Å². The summed E-state index contributed by atoms with van der Waals surface area (Å²) in [5.41, 5.74) is 6.08. The molecule has 0 radical (unpaired) electrons. The molecule has 0 unspecified atom stereocenters. The number of nitrogens with zero attached hydrogens (tertiary/aromatic N) is 5. The summed E-state index contributed by atoms with van der Waals surface area (Å²) in [7, 11) is 0. The Morgan fingerprint density at radius 3 is 1.77 bits per heavy atom. The van der Waals surface area contributed by atoms with E-state index in [1.54, 1.807) is 0 Å². The largest absolute Gasteiger partial charge is 0.296 e. The number of benzene rings is 5. The van der Waals surface area contributed by atoms with Gasteiger partial charge in [-0.3, -0.25) is 4.57 Å². The van der Waals surface area contributed by atoms with Gasteiger partial charge in [0.05, 0.1) is 11.0 Å². The van der Waals surface area contributed by atoms with Crippen molar-refractivity contribution >= 4 is 21.8 Å². The van der Waals surface area contributed by atoms with E-state index in [1.807, 2.05) is 66.7 Å². The zero-order valence-electron chi connectivity index (χ0n) is 21.5. The van der Waals surface area contributed by atoms with Crippen LogP contribution in [0, 0.1) is 0 Å². The molecule has 0 N–H and O–H groups in total. The third-order valence-electron chi connectivity index (χ3n) is 6.99. The maximum atomic E-state index is 4.91. The van der Waals surface area contributed by atoms with E-state index in [4.69, 9.17) is 19.9 Å². The monoisotopic (exact) mass is 503 g/mol. The Morgan fingerprint density at radius 2 is 1.10 bits per heavy atom. The second-order valence-corrected chi connectivity index (χ2v) is 9.49.